The van der Waals surface area contributed by atoms with Crippen LogP contribution in [0.5, 0.6) is 5.75 Å². The fraction of sp³-hybridized carbons (Fsp3) is 0.429. The van der Waals surface area contributed by atoms with Crippen LogP contribution in [0.15, 0.2) is 35.7 Å². The maximum absolute atomic E-state index is 11.4. The first kappa shape index (κ1) is 14.1. The van der Waals surface area contributed by atoms with Gasteiger partial charge in [0.25, 0.3) is 0 Å². The molecular formula is C14H19NO3S. The lowest BCUT2D eigenvalue weighted by Gasteiger charge is -2.21. The van der Waals surface area contributed by atoms with Crippen LogP contribution < -0.4 is 10.1 Å². The number of methoxy groups -OCH3 is 1. The van der Waals surface area contributed by atoms with E-state index < -0.39 is 9.84 Å². The second kappa shape index (κ2) is 5.75. The largest absolute Gasteiger partial charge is 0.497 e. The zero-order valence-electron chi connectivity index (χ0n) is 11.2. The fourth-order valence-corrected chi connectivity index (χ4v) is 3.47. The Hall–Kier alpha value is -1.33. The molecule has 0 aromatic heterocycles. The first-order valence-electron chi connectivity index (χ1n) is 6.35. The summed E-state index contributed by atoms with van der Waals surface area (Å²) in [5.41, 5.74) is 1.14. The van der Waals surface area contributed by atoms with E-state index in [9.17, 15) is 8.42 Å². The van der Waals surface area contributed by atoms with E-state index in [1.165, 1.54) is 5.41 Å². The van der Waals surface area contributed by atoms with Crippen LogP contribution in [0.1, 0.15) is 24.9 Å². The molecule has 0 bridgehead atoms. The summed E-state index contributed by atoms with van der Waals surface area (Å²) >= 11 is 0. The van der Waals surface area contributed by atoms with Gasteiger partial charge in [0.1, 0.15) is 5.75 Å². The van der Waals surface area contributed by atoms with Gasteiger partial charge < -0.3 is 10.1 Å². The van der Waals surface area contributed by atoms with E-state index in [1.807, 2.05) is 24.3 Å². The zero-order chi connectivity index (χ0) is 13.9. The SMILES string of the molecule is CCC(NC1C=CS(=O)(=O)C1)c1ccc(OC)cc1. The molecule has 1 aliphatic rings. The summed E-state index contributed by atoms with van der Waals surface area (Å²) in [5, 5.41) is 4.67. The summed E-state index contributed by atoms with van der Waals surface area (Å²) in [5.74, 6) is 0.974. The molecule has 19 heavy (non-hydrogen) atoms. The predicted octanol–water partition coefficient (Wildman–Crippen LogP) is 2.05. The second-order valence-corrected chi connectivity index (χ2v) is 6.60. The summed E-state index contributed by atoms with van der Waals surface area (Å²) in [6, 6.07) is 7.90. The summed E-state index contributed by atoms with van der Waals surface area (Å²) in [4.78, 5) is 0. The smallest absolute Gasteiger partial charge is 0.173 e. The van der Waals surface area contributed by atoms with Gasteiger partial charge in [0.05, 0.1) is 12.9 Å². The third-order valence-corrected chi connectivity index (χ3v) is 4.67. The first-order chi connectivity index (χ1) is 9.04. The number of sulfone groups is 1. The maximum Gasteiger partial charge on any atom is 0.173 e. The van der Waals surface area contributed by atoms with Gasteiger partial charge in [-0.1, -0.05) is 25.1 Å². The van der Waals surface area contributed by atoms with Crippen molar-refractivity contribution in [2.75, 3.05) is 12.9 Å². The quantitative estimate of drug-likeness (QED) is 0.897. The molecular weight excluding hydrogens is 262 g/mol. The van der Waals surface area contributed by atoms with Crippen molar-refractivity contribution in [1.82, 2.24) is 5.32 Å². The number of hydrogen-bond donors (Lipinski definition) is 1. The average molecular weight is 281 g/mol. The minimum absolute atomic E-state index is 0.1000. The topological polar surface area (TPSA) is 55.4 Å². The van der Waals surface area contributed by atoms with Crippen molar-refractivity contribution in [3.8, 4) is 5.75 Å². The molecule has 2 unspecified atom stereocenters. The van der Waals surface area contributed by atoms with E-state index in [4.69, 9.17) is 4.74 Å². The number of ether oxygens (including phenoxy) is 1. The van der Waals surface area contributed by atoms with E-state index in [0.29, 0.717) is 0 Å². The second-order valence-electron chi connectivity index (χ2n) is 4.67. The number of benzene rings is 1. The van der Waals surface area contributed by atoms with E-state index in [2.05, 4.69) is 12.2 Å². The first-order valence-corrected chi connectivity index (χ1v) is 8.06. The highest BCUT2D eigenvalue weighted by Crippen LogP contribution is 2.22. The molecule has 0 spiro atoms. The van der Waals surface area contributed by atoms with Crippen LogP contribution in [0.4, 0.5) is 0 Å². The van der Waals surface area contributed by atoms with Gasteiger partial charge in [-0.25, -0.2) is 8.42 Å². The molecule has 1 aromatic rings. The van der Waals surface area contributed by atoms with Crippen molar-refractivity contribution in [2.45, 2.75) is 25.4 Å². The molecule has 5 heteroatoms. The van der Waals surface area contributed by atoms with Crippen LogP contribution in [0.25, 0.3) is 0 Å². The lowest BCUT2D eigenvalue weighted by Crippen LogP contribution is -2.33. The lowest BCUT2D eigenvalue weighted by molar-refractivity contribution is 0.414. The highest BCUT2D eigenvalue weighted by molar-refractivity contribution is 7.94. The van der Waals surface area contributed by atoms with Gasteiger partial charge >= 0.3 is 0 Å². The Labute approximate surface area is 114 Å². The molecule has 104 valence electrons. The monoisotopic (exact) mass is 281 g/mol. The molecule has 4 nitrogen and oxygen atoms in total. The van der Waals surface area contributed by atoms with Crippen LogP contribution in [-0.2, 0) is 9.84 Å². The highest BCUT2D eigenvalue weighted by atomic mass is 32.2. The van der Waals surface area contributed by atoms with Gasteiger partial charge in [-0.05, 0) is 24.1 Å². The molecule has 0 amide bonds. The average Bonchev–Trinajstić information content (AvgIpc) is 2.75. The van der Waals surface area contributed by atoms with Gasteiger partial charge in [0.15, 0.2) is 9.84 Å². The molecule has 1 heterocycles. The minimum Gasteiger partial charge on any atom is -0.497 e. The van der Waals surface area contributed by atoms with Gasteiger partial charge in [0.2, 0.25) is 0 Å². The van der Waals surface area contributed by atoms with Crippen molar-refractivity contribution >= 4 is 9.84 Å². The minimum atomic E-state index is -3.01. The Kier molecular flexibility index (Phi) is 4.27. The molecule has 1 aromatic carbocycles. The molecule has 0 radical (unpaired) electrons. The standard InChI is InChI=1S/C14H19NO3S/c1-3-14(11-4-6-13(18-2)7-5-11)15-12-8-9-19(16,17)10-12/h4-9,12,14-15H,3,10H2,1-2H3. The molecule has 0 saturated heterocycles. The van der Waals surface area contributed by atoms with Crippen molar-refractivity contribution in [3.63, 3.8) is 0 Å². The molecule has 2 atom stereocenters. The summed E-state index contributed by atoms with van der Waals surface area (Å²) in [6.45, 7) is 2.08. The van der Waals surface area contributed by atoms with E-state index in [0.717, 1.165) is 17.7 Å². The summed E-state index contributed by atoms with van der Waals surface area (Å²) < 4.78 is 27.9. The van der Waals surface area contributed by atoms with Crippen LogP contribution in [0.2, 0.25) is 0 Å². The number of hydrogen-bond acceptors (Lipinski definition) is 4. The van der Waals surface area contributed by atoms with Crippen molar-refractivity contribution < 1.29 is 13.2 Å². The molecule has 0 saturated carbocycles. The van der Waals surface area contributed by atoms with Crippen LogP contribution in [0, 0.1) is 0 Å². The molecule has 0 fully saturated rings. The summed E-state index contributed by atoms with van der Waals surface area (Å²) in [7, 11) is -1.37. The summed E-state index contributed by atoms with van der Waals surface area (Å²) in [6.07, 6.45) is 2.62. The van der Waals surface area contributed by atoms with Crippen LogP contribution in [-0.4, -0.2) is 27.3 Å². The zero-order valence-corrected chi connectivity index (χ0v) is 12.0. The van der Waals surface area contributed by atoms with E-state index in [1.54, 1.807) is 13.2 Å². The van der Waals surface area contributed by atoms with Gasteiger partial charge in [-0.15, -0.1) is 0 Å². The Morgan fingerprint density at radius 2 is 2.05 bits per heavy atom. The van der Waals surface area contributed by atoms with Gasteiger partial charge in [-0.2, -0.15) is 0 Å². The molecule has 2 rings (SSSR count). The molecule has 1 N–H and O–H groups in total. The van der Waals surface area contributed by atoms with Crippen LogP contribution in [0.3, 0.4) is 0 Å². The van der Waals surface area contributed by atoms with Crippen molar-refractivity contribution in [3.05, 3.63) is 41.3 Å². The van der Waals surface area contributed by atoms with E-state index in [-0.39, 0.29) is 17.8 Å². The number of rotatable bonds is 5. The fourth-order valence-electron chi connectivity index (χ4n) is 2.22. The third-order valence-electron chi connectivity index (χ3n) is 3.27. The van der Waals surface area contributed by atoms with Gasteiger partial charge in [0, 0.05) is 17.5 Å². The lowest BCUT2D eigenvalue weighted by atomic mass is 10.0. The number of nitrogens with one attached hydrogen (secondary N) is 1. The van der Waals surface area contributed by atoms with Crippen LogP contribution >= 0.6 is 0 Å². The maximum atomic E-state index is 11.4. The predicted molar refractivity (Wildman–Crippen MR) is 75.9 cm³/mol. The van der Waals surface area contributed by atoms with Crippen molar-refractivity contribution in [1.29, 1.82) is 0 Å². The highest BCUT2D eigenvalue weighted by Gasteiger charge is 2.23. The Balaban J connectivity index is 2.06. The third kappa shape index (κ3) is 3.58. The Bertz CT molecular complexity index is 549. The molecule has 0 aliphatic carbocycles. The Morgan fingerprint density at radius 3 is 2.53 bits per heavy atom. The Morgan fingerprint density at radius 1 is 1.37 bits per heavy atom. The molecule has 1 aliphatic heterocycles. The van der Waals surface area contributed by atoms with Crippen molar-refractivity contribution in [2.24, 2.45) is 0 Å². The van der Waals surface area contributed by atoms with Gasteiger partial charge in [-0.3, -0.25) is 0 Å². The van der Waals surface area contributed by atoms with E-state index >= 15 is 0 Å². The normalized spacial score (nSPS) is 22.3.